The highest BCUT2D eigenvalue weighted by atomic mass is 16.8. The topological polar surface area (TPSA) is 474 Å². The molecule has 0 aromatic rings. The smallest absolute Gasteiger partial charge is 0.310 e. The minimum atomic E-state index is -2.21. The van der Waals surface area contributed by atoms with E-state index in [1.807, 2.05) is 0 Å². The summed E-state index contributed by atoms with van der Waals surface area (Å²) in [6.45, 7) is 8.39. The lowest BCUT2D eigenvalue weighted by Crippen LogP contribution is -2.69. The van der Waals surface area contributed by atoms with Gasteiger partial charge in [-0.15, -0.1) is 0 Å². The lowest BCUT2D eigenvalue weighted by molar-refractivity contribution is -0.406. The van der Waals surface area contributed by atoms with Crippen molar-refractivity contribution in [1.29, 1.82) is 0 Å². The summed E-state index contributed by atoms with van der Waals surface area (Å²) in [6.07, 6.45) is -39.5. The van der Waals surface area contributed by atoms with Crippen LogP contribution in [0.1, 0.15) is 106 Å². The SMILES string of the molecule is CC1(C)CC[C@]2(C(=O)O)CC[C@]3(CO)C(=CCC4[C@@]5(C)CC[C@H](O[C@@H]6O[C@H](CO)[C@@H](O[C@@H]7O[C@H](CO)[C@@H](O)[C@H](O[C@@H]8O[C@H](CO)[C@@H](O)[C@H](O)[C@H]8O[C@@H]8O[C@H](CO)[C@@H](O)[C@H](O)[C@H]8O)[C@H]7O)[C@H](O)[C@H]6O[C@@H]6O[C@H](CO)[C@@H](O)[C@H](O)[C@H]6O)C(C)(C)C5CC[C@]43C)[C@@H]2C1. The second-order valence-electron chi connectivity index (χ2n) is 29.0. The molecule has 0 bridgehead atoms. The average Bonchev–Trinajstić information content (AvgIpc) is 0.687. The number of carbonyl (C=O) groups is 1. The Balaban J connectivity index is 0.916. The maximum absolute atomic E-state index is 13.3. The fraction of sp³-hybridized carbons (Fsp3) is 0.950. The van der Waals surface area contributed by atoms with Crippen LogP contribution in [0.4, 0.5) is 0 Å². The molecule has 5 heterocycles. The molecule has 5 aliphatic carbocycles. The number of aliphatic hydroxyl groups excluding tert-OH is 17. The van der Waals surface area contributed by atoms with Crippen LogP contribution in [0.25, 0.3) is 0 Å². The molecule has 5 saturated heterocycles. The summed E-state index contributed by atoms with van der Waals surface area (Å²) in [7, 11) is 0. The summed E-state index contributed by atoms with van der Waals surface area (Å²) in [6, 6.07) is 0. The first kappa shape index (κ1) is 69.9. The Morgan fingerprint density at radius 1 is 0.461 bits per heavy atom. The van der Waals surface area contributed by atoms with Gasteiger partial charge in [-0.2, -0.15) is 0 Å². The van der Waals surface area contributed by atoms with Crippen molar-refractivity contribution in [2.24, 2.45) is 50.2 Å². The van der Waals surface area contributed by atoms with Crippen LogP contribution in [-0.2, 0) is 52.2 Å². The van der Waals surface area contributed by atoms with Gasteiger partial charge in [0, 0.05) is 5.41 Å². The molecule has 29 heteroatoms. The van der Waals surface area contributed by atoms with E-state index in [0.717, 1.165) is 12.0 Å². The van der Waals surface area contributed by atoms with Crippen molar-refractivity contribution in [3.8, 4) is 0 Å². The van der Waals surface area contributed by atoms with E-state index in [1.165, 1.54) is 0 Å². The Bertz CT molecular complexity index is 2450. The van der Waals surface area contributed by atoms with E-state index >= 15 is 0 Å². The van der Waals surface area contributed by atoms with Crippen molar-refractivity contribution in [3.05, 3.63) is 11.6 Å². The molecule has 512 valence electrons. The summed E-state index contributed by atoms with van der Waals surface area (Å²) in [5, 5.41) is 198. The van der Waals surface area contributed by atoms with Crippen molar-refractivity contribution < 1.29 is 144 Å². The first-order valence-electron chi connectivity index (χ1n) is 31.5. The third kappa shape index (κ3) is 11.7. The minimum Gasteiger partial charge on any atom is -0.481 e. The highest BCUT2D eigenvalue weighted by Crippen LogP contribution is 2.76. The second kappa shape index (κ2) is 26.3. The molecule has 0 aromatic carbocycles. The largest absolute Gasteiger partial charge is 0.481 e. The highest BCUT2D eigenvalue weighted by molar-refractivity contribution is 5.76. The number of aliphatic carboxylic acids is 1. The van der Waals surface area contributed by atoms with E-state index in [9.17, 15) is 96.7 Å². The normalized spacial score (nSPS) is 53.1. The van der Waals surface area contributed by atoms with Gasteiger partial charge in [0.1, 0.15) is 122 Å². The Morgan fingerprint density at radius 2 is 0.921 bits per heavy atom. The van der Waals surface area contributed by atoms with Crippen LogP contribution >= 0.6 is 0 Å². The van der Waals surface area contributed by atoms with Gasteiger partial charge in [-0.05, 0) is 104 Å². The summed E-state index contributed by atoms with van der Waals surface area (Å²) in [5.74, 6) is -0.979. The number of hydrogen-bond acceptors (Lipinski definition) is 28. The summed E-state index contributed by atoms with van der Waals surface area (Å²) in [4.78, 5) is 13.3. The van der Waals surface area contributed by atoms with Gasteiger partial charge in [-0.3, -0.25) is 4.79 Å². The molecule has 10 aliphatic rings. The number of allylic oxidation sites excluding steroid dienone is 1. The Morgan fingerprint density at radius 3 is 1.46 bits per heavy atom. The monoisotopic (exact) mass is 1280 g/mol. The molecule has 0 aromatic heterocycles. The van der Waals surface area contributed by atoms with Crippen molar-refractivity contribution >= 4 is 5.97 Å². The fourth-order valence-corrected chi connectivity index (χ4v) is 18.2. The van der Waals surface area contributed by atoms with E-state index in [1.54, 1.807) is 0 Å². The molecule has 2 unspecified atom stereocenters. The molecule has 4 saturated carbocycles. The molecule has 10 rings (SSSR count). The van der Waals surface area contributed by atoms with E-state index in [-0.39, 0.29) is 35.2 Å². The zero-order valence-corrected chi connectivity index (χ0v) is 51.2. The highest BCUT2D eigenvalue weighted by Gasteiger charge is 2.71. The van der Waals surface area contributed by atoms with Gasteiger partial charge < -0.3 is 139 Å². The Labute approximate surface area is 515 Å². The molecule has 0 spiro atoms. The van der Waals surface area contributed by atoms with Crippen molar-refractivity contribution in [3.63, 3.8) is 0 Å². The van der Waals surface area contributed by atoms with Gasteiger partial charge in [0.05, 0.1) is 51.2 Å². The predicted octanol–water partition coefficient (Wildman–Crippen LogP) is -4.67. The number of ether oxygens (including phenoxy) is 10. The maximum Gasteiger partial charge on any atom is 0.310 e. The molecular formula is C60H98O29. The quantitative estimate of drug-likeness (QED) is 0.0481. The first-order valence-corrected chi connectivity index (χ1v) is 31.5. The zero-order valence-electron chi connectivity index (χ0n) is 51.2. The lowest BCUT2D eigenvalue weighted by atomic mass is 9.33. The number of hydrogen-bond donors (Lipinski definition) is 18. The molecule has 33 atom stereocenters. The van der Waals surface area contributed by atoms with Crippen molar-refractivity contribution in [2.45, 2.75) is 265 Å². The van der Waals surface area contributed by atoms with Gasteiger partial charge in [-0.25, -0.2) is 0 Å². The van der Waals surface area contributed by atoms with Gasteiger partial charge in [0.2, 0.25) is 0 Å². The number of aliphatic hydroxyl groups is 17. The molecule has 89 heavy (non-hydrogen) atoms. The second-order valence-corrected chi connectivity index (χ2v) is 29.0. The lowest BCUT2D eigenvalue weighted by Gasteiger charge is -2.71. The number of fused-ring (bicyclic) bond motifs is 7. The molecule has 0 radical (unpaired) electrons. The Hall–Kier alpha value is -1.87. The first-order chi connectivity index (χ1) is 41.9. The van der Waals surface area contributed by atoms with Crippen LogP contribution in [0.3, 0.4) is 0 Å². The summed E-state index contributed by atoms with van der Waals surface area (Å²) in [5.41, 5.74) is -2.02. The van der Waals surface area contributed by atoms with E-state index < -0.39 is 220 Å². The summed E-state index contributed by atoms with van der Waals surface area (Å²) >= 11 is 0. The van der Waals surface area contributed by atoms with Gasteiger partial charge >= 0.3 is 5.97 Å². The molecule has 29 nitrogen and oxygen atoms in total. The fourth-order valence-electron chi connectivity index (χ4n) is 18.2. The van der Waals surface area contributed by atoms with Gasteiger partial charge in [0.25, 0.3) is 0 Å². The maximum atomic E-state index is 13.3. The molecular weight excluding hydrogens is 1180 g/mol. The van der Waals surface area contributed by atoms with Crippen LogP contribution in [-0.4, -0.2) is 297 Å². The van der Waals surface area contributed by atoms with Crippen molar-refractivity contribution in [1.82, 2.24) is 0 Å². The Kier molecular flexibility index (Phi) is 20.6. The molecule has 5 aliphatic heterocycles. The van der Waals surface area contributed by atoms with E-state index in [2.05, 4.69) is 47.6 Å². The van der Waals surface area contributed by atoms with E-state index in [0.29, 0.717) is 57.8 Å². The van der Waals surface area contributed by atoms with Gasteiger partial charge in [0.15, 0.2) is 31.5 Å². The summed E-state index contributed by atoms with van der Waals surface area (Å²) < 4.78 is 60.6. The molecule has 18 N–H and O–H groups in total. The third-order valence-electron chi connectivity index (χ3n) is 23.6. The van der Waals surface area contributed by atoms with Crippen LogP contribution < -0.4 is 0 Å². The molecule has 9 fully saturated rings. The van der Waals surface area contributed by atoms with Gasteiger partial charge in [-0.1, -0.05) is 53.2 Å². The zero-order chi connectivity index (χ0) is 65.0. The number of carboxylic acid groups (broad SMARTS) is 1. The predicted molar refractivity (Wildman–Crippen MR) is 297 cm³/mol. The van der Waals surface area contributed by atoms with Crippen LogP contribution in [0.15, 0.2) is 11.6 Å². The third-order valence-corrected chi connectivity index (χ3v) is 23.6. The standard InChI is InChI=1S/C60H98O29/c1-55(2)13-14-59(54(78)79)15-16-60(23-66)24(25(59)17-55)7-8-32-57(5)11-10-33(56(3,4)31(57)9-12-58(32,60)6)85-52-48(89-50-42(75)39(72)35(68)27(19-62)81-50)43(76)45(30(22-65)84-52)86-51-44(77)46(37(70)29(21-64)82-51)87-53-47(40(73)36(69)28(20-63)83-53)88-49-41(74)38(71)34(67)26(18-61)80-49/h7,25-53,61-77H,8-23H2,1-6H3,(H,78,79)/t25-,26+,27+,28+,29+,30+,31?,32?,33-,34+,35+,36+,37+,38-,39-,40-,41+,42+,43-,44+,45+,46-,47+,48+,49-,50-,51-,52-,53-,57-,58+,59-,60-/m0/s1. The van der Waals surface area contributed by atoms with Crippen molar-refractivity contribution in [2.75, 3.05) is 39.6 Å². The van der Waals surface area contributed by atoms with Crippen LogP contribution in [0, 0.1) is 50.2 Å². The number of carboxylic acids is 1. The molecule has 0 amide bonds. The minimum absolute atomic E-state index is 0.0396. The van der Waals surface area contributed by atoms with Crippen LogP contribution in [0.2, 0.25) is 0 Å². The average molecular weight is 1280 g/mol. The number of rotatable bonds is 17. The van der Waals surface area contributed by atoms with Crippen LogP contribution in [0.5, 0.6) is 0 Å². The van der Waals surface area contributed by atoms with E-state index in [4.69, 9.17) is 47.4 Å².